The predicted octanol–water partition coefficient (Wildman–Crippen LogP) is 2.52. The van der Waals surface area contributed by atoms with Crippen LogP contribution in [0.25, 0.3) is 11.4 Å². The van der Waals surface area contributed by atoms with Gasteiger partial charge in [0, 0.05) is 16.8 Å². The van der Waals surface area contributed by atoms with Gasteiger partial charge in [-0.05, 0) is 55.2 Å². The second-order valence-electron chi connectivity index (χ2n) is 7.55. The Bertz CT molecular complexity index is 779. The Hall–Kier alpha value is -2.28. The van der Waals surface area contributed by atoms with Crippen LogP contribution < -0.4 is 11.1 Å². The largest absolute Gasteiger partial charge is 0.326 e. The van der Waals surface area contributed by atoms with E-state index in [4.69, 9.17) is 5.73 Å². The second-order valence-corrected chi connectivity index (χ2v) is 7.55. The highest BCUT2D eigenvalue weighted by Crippen LogP contribution is 2.37. The number of amides is 1. The summed E-state index contributed by atoms with van der Waals surface area (Å²) in [5, 5.41) is 15.1. The number of carbonyl (C=O) groups excluding carboxylic acids is 1. The van der Waals surface area contributed by atoms with Crippen molar-refractivity contribution in [3.63, 3.8) is 0 Å². The molecule has 0 bridgehead atoms. The molecule has 1 heterocycles. The minimum atomic E-state index is -0.435. The molecule has 1 aromatic heterocycles. The first-order chi connectivity index (χ1) is 12.0. The normalized spacial score (nSPS) is 26.4. The van der Waals surface area contributed by atoms with Crippen molar-refractivity contribution in [3.05, 3.63) is 24.3 Å². The fourth-order valence-corrected chi connectivity index (χ4v) is 3.70. The van der Waals surface area contributed by atoms with Crippen molar-refractivity contribution in [2.75, 3.05) is 5.32 Å². The zero-order chi connectivity index (χ0) is 17.4. The zero-order valence-electron chi connectivity index (χ0n) is 14.5. The number of nitrogens with two attached hydrogens (primary N) is 1. The van der Waals surface area contributed by atoms with E-state index in [0.717, 1.165) is 55.6 Å². The van der Waals surface area contributed by atoms with E-state index in [0.29, 0.717) is 6.04 Å². The van der Waals surface area contributed by atoms with Crippen molar-refractivity contribution in [1.29, 1.82) is 0 Å². The first-order valence-corrected chi connectivity index (χ1v) is 9.03. The summed E-state index contributed by atoms with van der Waals surface area (Å²) in [6.07, 6.45) is 6.12. The average molecular weight is 340 g/mol. The smallest absolute Gasteiger partial charge is 0.229 e. The van der Waals surface area contributed by atoms with Crippen LogP contribution in [0, 0.1) is 5.92 Å². The van der Waals surface area contributed by atoms with Gasteiger partial charge < -0.3 is 11.1 Å². The number of benzene rings is 1. The SMILES string of the molecule is CC1(N)CCCCC1C(=O)Nc1cccc(-c2nnnn2C2CC2)c1. The van der Waals surface area contributed by atoms with Gasteiger partial charge in [0.2, 0.25) is 5.91 Å². The van der Waals surface area contributed by atoms with Crippen molar-refractivity contribution < 1.29 is 4.79 Å². The molecular formula is C18H24N6O. The number of rotatable bonds is 4. The van der Waals surface area contributed by atoms with Crippen LogP contribution in [-0.2, 0) is 4.79 Å². The quantitative estimate of drug-likeness (QED) is 0.891. The molecule has 2 unspecified atom stereocenters. The van der Waals surface area contributed by atoms with Gasteiger partial charge in [-0.25, -0.2) is 4.68 Å². The number of hydrogen-bond donors (Lipinski definition) is 2. The van der Waals surface area contributed by atoms with E-state index in [1.807, 2.05) is 35.9 Å². The summed E-state index contributed by atoms with van der Waals surface area (Å²) in [5.41, 5.74) is 7.59. The van der Waals surface area contributed by atoms with Gasteiger partial charge in [-0.1, -0.05) is 25.0 Å². The van der Waals surface area contributed by atoms with Crippen LogP contribution in [-0.4, -0.2) is 31.7 Å². The molecule has 2 atom stereocenters. The molecule has 0 radical (unpaired) electrons. The molecular weight excluding hydrogens is 316 g/mol. The molecule has 7 heteroatoms. The molecule has 1 amide bonds. The minimum Gasteiger partial charge on any atom is -0.326 e. The Labute approximate surface area is 147 Å². The van der Waals surface area contributed by atoms with Crippen molar-refractivity contribution in [3.8, 4) is 11.4 Å². The third-order valence-electron chi connectivity index (χ3n) is 5.34. The van der Waals surface area contributed by atoms with Crippen molar-refractivity contribution in [1.82, 2.24) is 20.2 Å². The molecule has 0 aliphatic heterocycles. The summed E-state index contributed by atoms with van der Waals surface area (Å²) in [6.45, 7) is 1.98. The molecule has 2 aliphatic carbocycles. The fourth-order valence-electron chi connectivity index (χ4n) is 3.70. The molecule has 4 rings (SSSR count). The summed E-state index contributed by atoms with van der Waals surface area (Å²) >= 11 is 0. The van der Waals surface area contributed by atoms with Crippen molar-refractivity contribution in [2.45, 2.75) is 57.0 Å². The molecule has 3 N–H and O–H groups in total. The van der Waals surface area contributed by atoms with E-state index in [9.17, 15) is 4.79 Å². The van der Waals surface area contributed by atoms with Gasteiger partial charge in [-0.2, -0.15) is 0 Å². The van der Waals surface area contributed by atoms with E-state index in [2.05, 4.69) is 20.8 Å². The highest BCUT2D eigenvalue weighted by molar-refractivity contribution is 5.94. The van der Waals surface area contributed by atoms with Crippen LogP contribution >= 0.6 is 0 Å². The van der Waals surface area contributed by atoms with E-state index in [1.165, 1.54) is 0 Å². The molecule has 7 nitrogen and oxygen atoms in total. The van der Waals surface area contributed by atoms with Gasteiger partial charge in [0.25, 0.3) is 0 Å². The number of nitrogens with one attached hydrogen (secondary N) is 1. The van der Waals surface area contributed by atoms with Gasteiger partial charge >= 0.3 is 0 Å². The maximum Gasteiger partial charge on any atom is 0.229 e. The van der Waals surface area contributed by atoms with Gasteiger partial charge in [0.05, 0.1) is 12.0 Å². The number of hydrogen-bond acceptors (Lipinski definition) is 5. The van der Waals surface area contributed by atoms with Gasteiger partial charge in [0.15, 0.2) is 5.82 Å². The monoisotopic (exact) mass is 340 g/mol. The molecule has 132 valence electrons. The third-order valence-corrected chi connectivity index (χ3v) is 5.34. The van der Waals surface area contributed by atoms with Crippen molar-refractivity contribution in [2.24, 2.45) is 11.7 Å². The van der Waals surface area contributed by atoms with Crippen LogP contribution in [0.2, 0.25) is 0 Å². The van der Waals surface area contributed by atoms with E-state index in [-0.39, 0.29) is 11.8 Å². The molecule has 2 aromatic rings. The number of nitrogens with zero attached hydrogens (tertiary/aromatic N) is 4. The van der Waals surface area contributed by atoms with Crippen LogP contribution in [0.5, 0.6) is 0 Å². The molecule has 0 saturated heterocycles. The molecule has 2 saturated carbocycles. The van der Waals surface area contributed by atoms with Crippen LogP contribution in [0.15, 0.2) is 24.3 Å². The molecule has 1 aromatic carbocycles. The average Bonchev–Trinajstić information content (AvgIpc) is 3.31. The molecule has 0 spiro atoms. The second kappa shape index (κ2) is 6.22. The summed E-state index contributed by atoms with van der Waals surface area (Å²) in [7, 11) is 0. The Kier molecular flexibility index (Phi) is 4.03. The number of aromatic nitrogens is 4. The lowest BCUT2D eigenvalue weighted by Gasteiger charge is -2.37. The Morgan fingerprint density at radius 1 is 1.32 bits per heavy atom. The highest BCUT2D eigenvalue weighted by Gasteiger charge is 2.37. The summed E-state index contributed by atoms with van der Waals surface area (Å²) in [5.74, 6) is 0.602. The number of anilines is 1. The maximum absolute atomic E-state index is 12.7. The first-order valence-electron chi connectivity index (χ1n) is 9.03. The lowest BCUT2D eigenvalue weighted by Crippen LogP contribution is -2.51. The van der Waals surface area contributed by atoms with Crippen LogP contribution in [0.4, 0.5) is 5.69 Å². The maximum atomic E-state index is 12.7. The van der Waals surface area contributed by atoms with Gasteiger partial charge in [-0.15, -0.1) is 5.10 Å². The summed E-state index contributed by atoms with van der Waals surface area (Å²) in [4.78, 5) is 12.7. The Morgan fingerprint density at radius 3 is 2.92 bits per heavy atom. The molecule has 2 fully saturated rings. The predicted molar refractivity (Wildman–Crippen MR) is 94.7 cm³/mol. The fraction of sp³-hybridized carbons (Fsp3) is 0.556. The highest BCUT2D eigenvalue weighted by atomic mass is 16.2. The number of tetrazole rings is 1. The van der Waals surface area contributed by atoms with E-state index in [1.54, 1.807) is 0 Å². The Morgan fingerprint density at radius 2 is 2.16 bits per heavy atom. The van der Waals surface area contributed by atoms with Crippen LogP contribution in [0.3, 0.4) is 0 Å². The molecule has 2 aliphatic rings. The van der Waals surface area contributed by atoms with Crippen LogP contribution in [0.1, 0.15) is 51.5 Å². The first kappa shape index (κ1) is 16.2. The third kappa shape index (κ3) is 3.28. The molecule has 25 heavy (non-hydrogen) atoms. The summed E-state index contributed by atoms with van der Waals surface area (Å²) in [6, 6.07) is 8.11. The van der Waals surface area contributed by atoms with Crippen molar-refractivity contribution >= 4 is 11.6 Å². The Balaban J connectivity index is 1.53. The van der Waals surface area contributed by atoms with E-state index >= 15 is 0 Å². The standard InChI is InChI=1S/C18H24N6O/c1-18(19)10-3-2-7-15(18)17(25)20-13-6-4-5-12(11-13)16-21-22-23-24(16)14-8-9-14/h4-6,11,14-15H,2-3,7-10,19H2,1H3,(H,20,25). The van der Waals surface area contributed by atoms with E-state index < -0.39 is 5.54 Å². The van der Waals surface area contributed by atoms with Gasteiger partial charge in [-0.3, -0.25) is 4.79 Å². The summed E-state index contributed by atoms with van der Waals surface area (Å²) < 4.78 is 1.87. The van der Waals surface area contributed by atoms with Gasteiger partial charge in [0.1, 0.15) is 0 Å². The lowest BCUT2D eigenvalue weighted by atomic mass is 9.74. The lowest BCUT2D eigenvalue weighted by molar-refractivity contribution is -0.122. The number of carbonyl (C=O) groups is 1. The zero-order valence-corrected chi connectivity index (χ0v) is 14.5. The topological polar surface area (TPSA) is 98.7 Å². The minimum absolute atomic E-state index is 0.00337.